The molecule has 0 amide bonds. The smallest absolute Gasteiger partial charge is 0.180 e. The fourth-order valence-corrected chi connectivity index (χ4v) is 2.28. The monoisotopic (exact) mass is 275 g/mol. The quantitative estimate of drug-likeness (QED) is 0.813. The van der Waals surface area contributed by atoms with Crippen molar-refractivity contribution in [3.8, 4) is 0 Å². The van der Waals surface area contributed by atoms with Gasteiger partial charge in [0.1, 0.15) is 5.82 Å². The Bertz CT molecular complexity index is 546. The van der Waals surface area contributed by atoms with E-state index in [2.05, 4.69) is 48.3 Å². The Morgan fingerprint density at radius 2 is 2.10 bits per heavy atom. The highest BCUT2D eigenvalue weighted by molar-refractivity contribution is 5.65. The lowest BCUT2D eigenvalue weighted by Gasteiger charge is -2.22. The van der Waals surface area contributed by atoms with Crippen LogP contribution in [-0.2, 0) is 0 Å². The fraction of sp³-hybridized carbons (Fsp3) is 0.600. The summed E-state index contributed by atoms with van der Waals surface area (Å²) in [4.78, 5) is 9.07. The third kappa shape index (κ3) is 3.21. The van der Waals surface area contributed by atoms with Crippen molar-refractivity contribution < 1.29 is 0 Å². The zero-order valence-electron chi connectivity index (χ0n) is 12.8. The van der Waals surface area contributed by atoms with Crippen molar-refractivity contribution in [1.82, 2.24) is 14.4 Å². The number of anilines is 2. The van der Waals surface area contributed by atoms with Crippen molar-refractivity contribution in [1.29, 1.82) is 0 Å². The summed E-state index contributed by atoms with van der Waals surface area (Å²) in [6.45, 7) is 9.72. The molecule has 5 nitrogen and oxygen atoms in total. The third-order valence-corrected chi connectivity index (χ3v) is 3.50. The van der Waals surface area contributed by atoms with E-state index in [1.165, 1.54) is 0 Å². The van der Waals surface area contributed by atoms with Crippen molar-refractivity contribution in [3.05, 3.63) is 18.6 Å². The zero-order valence-corrected chi connectivity index (χ0v) is 12.8. The van der Waals surface area contributed by atoms with Gasteiger partial charge in [-0.05, 0) is 18.8 Å². The summed E-state index contributed by atoms with van der Waals surface area (Å²) in [5.74, 6) is 2.30. The standard InChI is InChI=1S/C15H25N5/c1-5-7-16-13-10-20-9-8-17-15(20)14(19-13)18-12(6-2)11(3)4/h8-12,16H,5-7H2,1-4H3,(H,18,19). The van der Waals surface area contributed by atoms with Crippen molar-refractivity contribution in [2.45, 2.75) is 46.6 Å². The van der Waals surface area contributed by atoms with Gasteiger partial charge in [-0.15, -0.1) is 0 Å². The van der Waals surface area contributed by atoms with Crippen LogP contribution >= 0.6 is 0 Å². The summed E-state index contributed by atoms with van der Waals surface area (Å²) in [5, 5.41) is 6.88. The van der Waals surface area contributed by atoms with Gasteiger partial charge in [0.15, 0.2) is 11.5 Å². The van der Waals surface area contributed by atoms with Crippen molar-refractivity contribution in [2.75, 3.05) is 17.2 Å². The largest absolute Gasteiger partial charge is 0.369 e. The lowest BCUT2D eigenvalue weighted by atomic mass is 10.0. The van der Waals surface area contributed by atoms with Crippen LogP contribution in [-0.4, -0.2) is 27.0 Å². The Kier molecular flexibility index (Phi) is 4.82. The Morgan fingerprint density at radius 1 is 1.30 bits per heavy atom. The van der Waals surface area contributed by atoms with Gasteiger partial charge in [0.25, 0.3) is 0 Å². The molecular formula is C15H25N5. The normalized spacial score (nSPS) is 12.8. The maximum Gasteiger partial charge on any atom is 0.180 e. The zero-order chi connectivity index (χ0) is 14.5. The van der Waals surface area contributed by atoms with Crippen molar-refractivity contribution in [2.24, 2.45) is 5.92 Å². The molecule has 0 saturated heterocycles. The first-order valence-corrected chi connectivity index (χ1v) is 7.49. The van der Waals surface area contributed by atoms with E-state index in [9.17, 15) is 0 Å². The molecule has 2 N–H and O–H groups in total. The topological polar surface area (TPSA) is 54.2 Å². The second kappa shape index (κ2) is 6.59. The van der Waals surface area contributed by atoms with Crippen LogP contribution in [0.2, 0.25) is 0 Å². The van der Waals surface area contributed by atoms with Crippen molar-refractivity contribution >= 4 is 17.3 Å². The summed E-state index contributed by atoms with van der Waals surface area (Å²) in [5.41, 5.74) is 0.881. The highest BCUT2D eigenvalue weighted by Crippen LogP contribution is 2.20. The van der Waals surface area contributed by atoms with E-state index in [4.69, 9.17) is 0 Å². The second-order valence-corrected chi connectivity index (χ2v) is 5.46. The maximum absolute atomic E-state index is 4.68. The number of nitrogens with zero attached hydrogens (tertiary/aromatic N) is 3. The van der Waals surface area contributed by atoms with E-state index in [0.29, 0.717) is 12.0 Å². The molecule has 5 heteroatoms. The molecule has 0 spiro atoms. The van der Waals surface area contributed by atoms with E-state index in [1.54, 1.807) is 0 Å². The molecule has 2 aromatic heterocycles. The SMILES string of the molecule is CCCNc1cn2ccnc2c(NC(CC)C(C)C)n1. The van der Waals surface area contributed by atoms with Gasteiger partial charge in [0.2, 0.25) is 0 Å². The van der Waals surface area contributed by atoms with E-state index in [1.807, 2.05) is 23.0 Å². The molecule has 2 heterocycles. The molecule has 2 aromatic rings. The van der Waals surface area contributed by atoms with Crippen LogP contribution in [0.1, 0.15) is 40.5 Å². The summed E-state index contributed by atoms with van der Waals surface area (Å²) in [7, 11) is 0. The van der Waals surface area contributed by atoms with Gasteiger partial charge in [-0.25, -0.2) is 9.97 Å². The number of hydrogen-bond acceptors (Lipinski definition) is 4. The van der Waals surface area contributed by atoms with Gasteiger partial charge in [0, 0.05) is 25.0 Å². The van der Waals surface area contributed by atoms with Gasteiger partial charge in [-0.1, -0.05) is 27.7 Å². The molecule has 1 atom stereocenters. The Hall–Kier alpha value is -1.78. The molecule has 0 aliphatic carbocycles. The number of aromatic nitrogens is 3. The molecule has 0 aromatic carbocycles. The lowest BCUT2D eigenvalue weighted by molar-refractivity contribution is 0.510. The Balaban J connectivity index is 2.31. The summed E-state index contributed by atoms with van der Waals surface area (Å²) in [6.07, 6.45) is 7.89. The van der Waals surface area contributed by atoms with Crippen LogP contribution < -0.4 is 10.6 Å². The first-order valence-electron chi connectivity index (χ1n) is 7.49. The van der Waals surface area contributed by atoms with Crippen LogP contribution in [0.25, 0.3) is 5.65 Å². The van der Waals surface area contributed by atoms with Crippen molar-refractivity contribution in [3.63, 3.8) is 0 Å². The summed E-state index contributed by atoms with van der Waals surface area (Å²) >= 11 is 0. The van der Waals surface area contributed by atoms with Gasteiger partial charge in [-0.2, -0.15) is 0 Å². The summed E-state index contributed by atoms with van der Waals surface area (Å²) in [6, 6.07) is 0.407. The second-order valence-electron chi connectivity index (χ2n) is 5.46. The first-order chi connectivity index (χ1) is 9.65. The Morgan fingerprint density at radius 3 is 2.75 bits per heavy atom. The molecule has 0 bridgehead atoms. The van der Waals surface area contributed by atoms with Crippen LogP contribution in [0.4, 0.5) is 11.6 Å². The van der Waals surface area contributed by atoms with E-state index in [-0.39, 0.29) is 0 Å². The van der Waals surface area contributed by atoms with Gasteiger partial charge < -0.3 is 15.0 Å². The minimum absolute atomic E-state index is 0.407. The predicted molar refractivity (Wildman–Crippen MR) is 84.3 cm³/mol. The molecule has 2 rings (SSSR count). The highest BCUT2D eigenvalue weighted by atomic mass is 15.2. The van der Waals surface area contributed by atoms with Crippen LogP contribution in [0, 0.1) is 5.92 Å². The maximum atomic E-state index is 4.68. The summed E-state index contributed by atoms with van der Waals surface area (Å²) < 4.78 is 2.01. The molecule has 0 aliphatic heterocycles. The van der Waals surface area contributed by atoms with E-state index >= 15 is 0 Å². The number of hydrogen-bond donors (Lipinski definition) is 2. The van der Waals surface area contributed by atoms with Gasteiger partial charge in [0.05, 0.1) is 6.20 Å². The third-order valence-electron chi connectivity index (χ3n) is 3.50. The fourth-order valence-electron chi connectivity index (χ4n) is 2.28. The van der Waals surface area contributed by atoms with E-state index in [0.717, 1.165) is 36.7 Å². The Labute approximate surface area is 120 Å². The molecule has 0 radical (unpaired) electrons. The van der Waals surface area contributed by atoms with Gasteiger partial charge >= 0.3 is 0 Å². The number of rotatable bonds is 7. The molecule has 110 valence electrons. The first kappa shape index (κ1) is 14.6. The molecule has 0 aliphatic rings. The highest BCUT2D eigenvalue weighted by Gasteiger charge is 2.14. The average Bonchev–Trinajstić information content (AvgIpc) is 2.90. The molecule has 1 unspecified atom stereocenters. The lowest BCUT2D eigenvalue weighted by Crippen LogP contribution is -2.25. The molecule has 0 saturated carbocycles. The minimum atomic E-state index is 0.407. The van der Waals surface area contributed by atoms with Crippen LogP contribution in [0.5, 0.6) is 0 Å². The van der Waals surface area contributed by atoms with Crippen LogP contribution in [0.15, 0.2) is 18.6 Å². The molecular weight excluding hydrogens is 250 g/mol. The number of imidazole rings is 1. The molecule has 20 heavy (non-hydrogen) atoms. The number of nitrogens with one attached hydrogen (secondary N) is 2. The predicted octanol–water partition coefficient (Wildman–Crippen LogP) is 3.40. The average molecular weight is 275 g/mol. The van der Waals surface area contributed by atoms with Gasteiger partial charge in [-0.3, -0.25) is 0 Å². The molecule has 0 fully saturated rings. The minimum Gasteiger partial charge on any atom is -0.369 e. The van der Waals surface area contributed by atoms with Crippen LogP contribution in [0.3, 0.4) is 0 Å². The van der Waals surface area contributed by atoms with E-state index < -0.39 is 0 Å². The number of fused-ring (bicyclic) bond motifs is 1.